The Balaban J connectivity index is 1.95. The van der Waals surface area contributed by atoms with E-state index in [0.29, 0.717) is 21.9 Å². The number of hydrogen-bond acceptors (Lipinski definition) is 2. The first-order chi connectivity index (χ1) is 9.65. The molecule has 0 saturated heterocycles. The average Bonchev–Trinajstić information content (AvgIpc) is 2.87. The second kappa shape index (κ2) is 5.31. The molecule has 0 bridgehead atoms. The summed E-state index contributed by atoms with van der Waals surface area (Å²) in [4.78, 5) is 12.3. The lowest BCUT2D eigenvalue weighted by Gasteiger charge is -2.06. The smallest absolute Gasteiger partial charge is 0.259 e. The number of benzene rings is 2. The van der Waals surface area contributed by atoms with Gasteiger partial charge < -0.3 is 9.73 Å². The van der Waals surface area contributed by atoms with Gasteiger partial charge in [-0.2, -0.15) is 0 Å². The highest BCUT2D eigenvalue weighted by molar-refractivity contribution is 9.10. The highest BCUT2D eigenvalue weighted by Crippen LogP contribution is 2.27. The third-order valence-corrected chi connectivity index (χ3v) is 3.83. The van der Waals surface area contributed by atoms with Crippen molar-refractivity contribution in [1.82, 2.24) is 0 Å². The summed E-state index contributed by atoms with van der Waals surface area (Å²) in [6.45, 7) is 0. The largest absolute Gasteiger partial charge is 0.463 e. The Hall–Kier alpha value is -1.78. The van der Waals surface area contributed by atoms with Crippen LogP contribution < -0.4 is 5.32 Å². The molecule has 0 radical (unpaired) electrons. The second-order valence-corrected chi connectivity index (χ2v) is 5.51. The molecule has 3 aromatic rings. The van der Waals surface area contributed by atoms with Crippen LogP contribution in [0.25, 0.3) is 11.0 Å². The van der Waals surface area contributed by atoms with Crippen LogP contribution in [0, 0.1) is 0 Å². The van der Waals surface area contributed by atoms with Crippen LogP contribution in [0.2, 0.25) is 5.02 Å². The summed E-state index contributed by atoms with van der Waals surface area (Å²) in [5, 5.41) is 4.15. The molecule has 0 saturated carbocycles. The van der Waals surface area contributed by atoms with Crippen LogP contribution in [0.3, 0.4) is 0 Å². The summed E-state index contributed by atoms with van der Waals surface area (Å²) < 4.78 is 6.13. The molecular weight excluding hydrogens is 342 g/mol. The standard InChI is InChI=1S/C15H9BrClNO2/c16-12-6-5-9(17)7-13(12)18-15(19)11-8-20-14-4-2-1-3-10(11)14/h1-8H,(H,18,19). The van der Waals surface area contributed by atoms with Crippen LogP contribution in [0.4, 0.5) is 5.69 Å². The fourth-order valence-electron chi connectivity index (χ4n) is 1.94. The third-order valence-electron chi connectivity index (χ3n) is 2.90. The van der Waals surface area contributed by atoms with Crippen molar-refractivity contribution in [2.24, 2.45) is 0 Å². The van der Waals surface area contributed by atoms with E-state index in [4.69, 9.17) is 16.0 Å². The summed E-state index contributed by atoms with van der Waals surface area (Å²) in [6, 6.07) is 12.6. The number of para-hydroxylation sites is 1. The van der Waals surface area contributed by atoms with Crippen molar-refractivity contribution in [2.45, 2.75) is 0 Å². The molecular formula is C15H9BrClNO2. The van der Waals surface area contributed by atoms with Crippen molar-refractivity contribution in [2.75, 3.05) is 5.32 Å². The quantitative estimate of drug-likeness (QED) is 0.698. The molecule has 0 spiro atoms. The number of carbonyl (C=O) groups excluding carboxylic acids is 1. The van der Waals surface area contributed by atoms with Gasteiger partial charge in [0.1, 0.15) is 11.8 Å². The predicted molar refractivity (Wildman–Crippen MR) is 83.3 cm³/mol. The normalized spacial score (nSPS) is 10.7. The van der Waals surface area contributed by atoms with Crippen LogP contribution in [-0.4, -0.2) is 5.91 Å². The minimum atomic E-state index is -0.238. The van der Waals surface area contributed by atoms with E-state index in [0.717, 1.165) is 9.86 Å². The summed E-state index contributed by atoms with van der Waals surface area (Å²) >= 11 is 9.30. The van der Waals surface area contributed by atoms with E-state index < -0.39 is 0 Å². The van der Waals surface area contributed by atoms with Gasteiger partial charge in [0.05, 0.1) is 11.3 Å². The number of anilines is 1. The highest BCUT2D eigenvalue weighted by Gasteiger charge is 2.14. The Morgan fingerprint density at radius 2 is 2.00 bits per heavy atom. The molecule has 0 aliphatic heterocycles. The molecule has 0 unspecified atom stereocenters. The highest BCUT2D eigenvalue weighted by atomic mass is 79.9. The number of amides is 1. The minimum Gasteiger partial charge on any atom is -0.463 e. The molecule has 20 heavy (non-hydrogen) atoms. The van der Waals surface area contributed by atoms with Gasteiger partial charge in [-0.05, 0) is 40.2 Å². The van der Waals surface area contributed by atoms with E-state index in [1.165, 1.54) is 6.26 Å². The number of carbonyl (C=O) groups is 1. The summed E-state index contributed by atoms with van der Waals surface area (Å²) in [5.41, 5.74) is 1.79. The van der Waals surface area contributed by atoms with Crippen LogP contribution >= 0.6 is 27.5 Å². The number of rotatable bonds is 2. The maximum absolute atomic E-state index is 12.3. The maximum Gasteiger partial charge on any atom is 0.259 e. The zero-order chi connectivity index (χ0) is 14.1. The zero-order valence-electron chi connectivity index (χ0n) is 10.2. The SMILES string of the molecule is O=C(Nc1cc(Cl)ccc1Br)c1coc2ccccc12. The van der Waals surface area contributed by atoms with Crippen molar-refractivity contribution in [3.63, 3.8) is 0 Å². The lowest BCUT2D eigenvalue weighted by molar-refractivity contribution is 0.102. The van der Waals surface area contributed by atoms with Gasteiger partial charge >= 0.3 is 0 Å². The Morgan fingerprint density at radius 3 is 2.85 bits per heavy atom. The second-order valence-electron chi connectivity index (χ2n) is 4.22. The molecule has 0 fully saturated rings. The van der Waals surface area contributed by atoms with Gasteiger partial charge in [0, 0.05) is 14.9 Å². The van der Waals surface area contributed by atoms with Gasteiger partial charge in [-0.15, -0.1) is 0 Å². The van der Waals surface area contributed by atoms with E-state index >= 15 is 0 Å². The van der Waals surface area contributed by atoms with Gasteiger partial charge in [-0.1, -0.05) is 29.8 Å². The number of halogens is 2. The van der Waals surface area contributed by atoms with Gasteiger partial charge in [0.25, 0.3) is 5.91 Å². The Kier molecular flexibility index (Phi) is 3.51. The van der Waals surface area contributed by atoms with Gasteiger partial charge in [0.15, 0.2) is 0 Å². The first-order valence-electron chi connectivity index (χ1n) is 5.88. The van der Waals surface area contributed by atoms with Crippen molar-refractivity contribution in [3.05, 3.63) is 63.8 Å². The van der Waals surface area contributed by atoms with Gasteiger partial charge in [0.2, 0.25) is 0 Å². The van der Waals surface area contributed by atoms with Crippen LogP contribution in [-0.2, 0) is 0 Å². The number of fused-ring (bicyclic) bond motifs is 1. The van der Waals surface area contributed by atoms with Crippen molar-refractivity contribution in [1.29, 1.82) is 0 Å². The van der Waals surface area contributed by atoms with Gasteiger partial charge in [-0.25, -0.2) is 0 Å². The summed E-state index contributed by atoms with van der Waals surface area (Å²) in [6.07, 6.45) is 1.46. The number of furan rings is 1. The molecule has 1 amide bonds. The van der Waals surface area contributed by atoms with E-state index in [-0.39, 0.29) is 5.91 Å². The van der Waals surface area contributed by atoms with E-state index in [9.17, 15) is 4.79 Å². The number of nitrogens with one attached hydrogen (secondary N) is 1. The third kappa shape index (κ3) is 2.44. The Morgan fingerprint density at radius 1 is 1.20 bits per heavy atom. The fourth-order valence-corrected chi connectivity index (χ4v) is 2.45. The molecule has 3 rings (SSSR count). The fraction of sp³-hybridized carbons (Fsp3) is 0. The first kappa shape index (κ1) is 13.2. The summed E-state index contributed by atoms with van der Waals surface area (Å²) in [7, 11) is 0. The molecule has 2 aromatic carbocycles. The van der Waals surface area contributed by atoms with Gasteiger partial charge in [-0.3, -0.25) is 4.79 Å². The monoisotopic (exact) mass is 349 g/mol. The lowest BCUT2D eigenvalue weighted by atomic mass is 10.1. The first-order valence-corrected chi connectivity index (χ1v) is 7.05. The summed E-state index contributed by atoms with van der Waals surface area (Å²) in [5.74, 6) is -0.238. The Bertz CT molecular complexity index is 797. The molecule has 1 N–H and O–H groups in total. The van der Waals surface area contributed by atoms with Crippen LogP contribution in [0.1, 0.15) is 10.4 Å². The molecule has 0 aliphatic rings. The molecule has 5 heteroatoms. The molecule has 0 atom stereocenters. The maximum atomic E-state index is 12.3. The van der Waals surface area contributed by atoms with E-state index in [2.05, 4.69) is 21.2 Å². The van der Waals surface area contributed by atoms with Crippen molar-refractivity contribution < 1.29 is 9.21 Å². The molecule has 0 aliphatic carbocycles. The predicted octanol–water partition coefficient (Wildman–Crippen LogP) is 5.10. The minimum absolute atomic E-state index is 0.238. The van der Waals surface area contributed by atoms with Crippen LogP contribution in [0.15, 0.2) is 57.6 Å². The zero-order valence-corrected chi connectivity index (χ0v) is 12.5. The molecule has 100 valence electrons. The Labute approximate surface area is 128 Å². The molecule has 1 heterocycles. The number of hydrogen-bond donors (Lipinski definition) is 1. The van der Waals surface area contributed by atoms with E-state index in [1.54, 1.807) is 18.2 Å². The van der Waals surface area contributed by atoms with Crippen LogP contribution in [0.5, 0.6) is 0 Å². The van der Waals surface area contributed by atoms with Crippen molar-refractivity contribution in [3.8, 4) is 0 Å². The topological polar surface area (TPSA) is 42.2 Å². The molecule has 3 nitrogen and oxygen atoms in total. The lowest BCUT2D eigenvalue weighted by Crippen LogP contribution is -2.11. The molecule has 1 aromatic heterocycles. The average molecular weight is 351 g/mol. The van der Waals surface area contributed by atoms with E-state index in [1.807, 2.05) is 24.3 Å². The van der Waals surface area contributed by atoms with Crippen molar-refractivity contribution >= 4 is 50.1 Å².